The van der Waals surface area contributed by atoms with Crippen LogP contribution in [0.25, 0.3) is 0 Å². The molecule has 0 spiro atoms. The van der Waals surface area contributed by atoms with Gasteiger partial charge in [0.05, 0.1) is 16.8 Å². The summed E-state index contributed by atoms with van der Waals surface area (Å²) in [5.41, 5.74) is -0.133. The fourth-order valence-electron chi connectivity index (χ4n) is 2.11. The molecule has 0 saturated heterocycles. The molecule has 2 aromatic carbocycles. The summed E-state index contributed by atoms with van der Waals surface area (Å²) in [6.07, 6.45) is 0. The maximum Gasteiger partial charge on any atom is 0.266 e. The average molecular weight is 373 g/mol. The Balaban J connectivity index is 2.18. The van der Waals surface area contributed by atoms with Gasteiger partial charge >= 0.3 is 0 Å². The molecule has 0 aliphatic carbocycles. The summed E-state index contributed by atoms with van der Waals surface area (Å²) >= 11 is 9.08. The maximum atomic E-state index is 13.3. The Hall–Kier alpha value is -1.79. The van der Waals surface area contributed by atoms with Crippen LogP contribution in [0.2, 0.25) is 5.02 Å². The largest absolute Gasteiger partial charge is 0.268 e. The number of halogens is 4. The van der Waals surface area contributed by atoms with Crippen molar-refractivity contribution in [1.82, 2.24) is 0 Å². The van der Waals surface area contributed by atoms with E-state index in [0.717, 1.165) is 17.0 Å². The Morgan fingerprint density at radius 1 is 0.952 bits per heavy atom. The van der Waals surface area contributed by atoms with Gasteiger partial charge in [-0.05, 0) is 46.3 Å². The predicted molar refractivity (Wildman–Crippen MR) is 76.7 cm³/mol. The molecule has 1 aliphatic rings. The van der Waals surface area contributed by atoms with Crippen molar-refractivity contribution in [1.29, 1.82) is 0 Å². The molecule has 106 valence electrons. The smallest absolute Gasteiger partial charge is 0.266 e. The monoisotopic (exact) mass is 371 g/mol. The molecular formula is C14H5BrClF2NO2. The molecule has 21 heavy (non-hydrogen) atoms. The zero-order chi connectivity index (χ0) is 15.3. The molecule has 0 radical (unpaired) electrons. The third kappa shape index (κ3) is 2.15. The van der Waals surface area contributed by atoms with Gasteiger partial charge in [0.15, 0.2) is 11.6 Å². The van der Waals surface area contributed by atoms with Gasteiger partial charge < -0.3 is 0 Å². The van der Waals surface area contributed by atoms with Crippen molar-refractivity contribution in [2.24, 2.45) is 0 Å². The fraction of sp³-hybridized carbons (Fsp3) is 0. The minimum atomic E-state index is -1.18. The van der Waals surface area contributed by atoms with Crippen LogP contribution in [0.15, 0.2) is 34.8 Å². The molecule has 0 saturated carbocycles. The molecule has 2 amide bonds. The number of carbonyl (C=O) groups is 2. The molecule has 3 nitrogen and oxygen atoms in total. The van der Waals surface area contributed by atoms with Crippen LogP contribution in [0.5, 0.6) is 0 Å². The van der Waals surface area contributed by atoms with Crippen LogP contribution in [-0.2, 0) is 0 Å². The number of nitrogens with zero attached hydrogens (tertiary/aromatic N) is 1. The molecule has 0 bridgehead atoms. The number of imide groups is 1. The summed E-state index contributed by atoms with van der Waals surface area (Å²) < 4.78 is 27.0. The summed E-state index contributed by atoms with van der Waals surface area (Å²) in [7, 11) is 0. The van der Waals surface area contributed by atoms with Crippen LogP contribution in [0.1, 0.15) is 20.7 Å². The molecule has 0 atom stereocenters. The Bertz CT molecular complexity index is 769. The van der Waals surface area contributed by atoms with Crippen molar-refractivity contribution in [3.63, 3.8) is 0 Å². The van der Waals surface area contributed by atoms with Gasteiger partial charge in [0, 0.05) is 9.50 Å². The van der Waals surface area contributed by atoms with E-state index in [1.165, 1.54) is 6.07 Å². The van der Waals surface area contributed by atoms with Crippen molar-refractivity contribution >= 4 is 45.0 Å². The number of hydrogen-bond acceptors (Lipinski definition) is 2. The maximum absolute atomic E-state index is 13.3. The zero-order valence-corrected chi connectivity index (χ0v) is 12.5. The first-order chi connectivity index (χ1) is 9.90. The Labute approximate surface area is 131 Å². The van der Waals surface area contributed by atoms with Crippen LogP contribution < -0.4 is 4.90 Å². The van der Waals surface area contributed by atoms with E-state index in [9.17, 15) is 18.4 Å². The normalized spacial score (nSPS) is 13.8. The van der Waals surface area contributed by atoms with E-state index in [4.69, 9.17) is 11.6 Å². The predicted octanol–water partition coefficient (Wildman–Crippen LogP) is 4.18. The second-order valence-electron chi connectivity index (χ2n) is 4.35. The SMILES string of the molecule is O=C1c2cc(F)c(F)cc2C(=O)N1c1cc(Cl)ccc1Br. The van der Waals surface area contributed by atoms with E-state index in [2.05, 4.69) is 15.9 Å². The first-order valence-corrected chi connectivity index (χ1v) is 6.90. The fourth-order valence-corrected chi connectivity index (χ4v) is 2.70. The lowest BCUT2D eigenvalue weighted by atomic mass is 10.1. The van der Waals surface area contributed by atoms with Crippen LogP contribution in [-0.4, -0.2) is 11.8 Å². The van der Waals surface area contributed by atoms with Gasteiger partial charge in [0.2, 0.25) is 0 Å². The molecule has 7 heteroatoms. The summed E-state index contributed by atoms with van der Waals surface area (Å²) in [4.78, 5) is 25.4. The minimum absolute atomic E-state index is 0.175. The zero-order valence-electron chi connectivity index (χ0n) is 10.2. The highest BCUT2D eigenvalue weighted by Gasteiger charge is 2.38. The van der Waals surface area contributed by atoms with Crippen LogP contribution in [0.4, 0.5) is 14.5 Å². The quantitative estimate of drug-likeness (QED) is 0.704. The molecule has 1 aliphatic heterocycles. The molecular weight excluding hydrogens is 368 g/mol. The van der Waals surface area contributed by atoms with Gasteiger partial charge in [0.25, 0.3) is 11.8 Å². The number of hydrogen-bond donors (Lipinski definition) is 0. The number of anilines is 1. The summed E-state index contributed by atoms with van der Waals surface area (Å²) in [6.45, 7) is 0. The van der Waals surface area contributed by atoms with Crippen LogP contribution >= 0.6 is 27.5 Å². The van der Waals surface area contributed by atoms with Gasteiger partial charge in [-0.15, -0.1) is 0 Å². The topological polar surface area (TPSA) is 37.4 Å². The standard InChI is InChI=1S/C14H5BrClF2NO2/c15-9-2-1-6(16)3-12(9)19-13(20)7-4-10(17)11(18)5-8(7)14(19)21/h1-5H. The highest BCUT2D eigenvalue weighted by Crippen LogP contribution is 2.35. The Morgan fingerprint density at radius 3 is 2.00 bits per heavy atom. The third-order valence-electron chi connectivity index (χ3n) is 3.08. The minimum Gasteiger partial charge on any atom is -0.268 e. The highest BCUT2D eigenvalue weighted by molar-refractivity contribution is 9.10. The number of carbonyl (C=O) groups excluding carboxylic acids is 2. The molecule has 0 unspecified atom stereocenters. The van der Waals surface area contributed by atoms with E-state index in [1.807, 2.05) is 0 Å². The van der Waals surface area contributed by atoms with Crippen LogP contribution in [0, 0.1) is 11.6 Å². The first kappa shape index (κ1) is 14.2. The van der Waals surface area contributed by atoms with Gasteiger partial charge in [-0.1, -0.05) is 11.6 Å². The van der Waals surface area contributed by atoms with Crippen molar-refractivity contribution in [2.45, 2.75) is 0 Å². The van der Waals surface area contributed by atoms with Gasteiger partial charge in [-0.25, -0.2) is 13.7 Å². The molecule has 0 N–H and O–H groups in total. The summed E-state index contributed by atoms with van der Waals surface area (Å²) in [5.74, 6) is -3.81. The van der Waals surface area contributed by atoms with E-state index in [-0.39, 0.29) is 16.8 Å². The second-order valence-corrected chi connectivity index (χ2v) is 5.64. The van der Waals surface area contributed by atoms with Crippen molar-refractivity contribution in [2.75, 3.05) is 4.90 Å². The van der Waals surface area contributed by atoms with E-state index < -0.39 is 23.4 Å². The van der Waals surface area contributed by atoms with Gasteiger partial charge in [-0.3, -0.25) is 9.59 Å². The van der Waals surface area contributed by atoms with E-state index in [0.29, 0.717) is 9.50 Å². The van der Waals surface area contributed by atoms with Gasteiger partial charge in [-0.2, -0.15) is 0 Å². The van der Waals surface area contributed by atoms with E-state index in [1.54, 1.807) is 12.1 Å². The average Bonchev–Trinajstić information content (AvgIpc) is 2.66. The highest BCUT2D eigenvalue weighted by atomic mass is 79.9. The molecule has 0 fully saturated rings. The van der Waals surface area contributed by atoms with Crippen LogP contribution in [0.3, 0.4) is 0 Å². The second kappa shape index (κ2) is 4.89. The molecule has 3 rings (SSSR count). The van der Waals surface area contributed by atoms with Crippen molar-refractivity contribution in [3.05, 3.63) is 62.6 Å². The lowest BCUT2D eigenvalue weighted by Crippen LogP contribution is -2.29. The molecule has 1 heterocycles. The summed E-state index contributed by atoms with van der Waals surface area (Å²) in [6, 6.07) is 6.02. The van der Waals surface area contributed by atoms with Gasteiger partial charge in [0.1, 0.15) is 0 Å². The number of benzene rings is 2. The third-order valence-corrected chi connectivity index (χ3v) is 3.98. The summed E-state index contributed by atoms with van der Waals surface area (Å²) in [5, 5.41) is 0.321. The molecule has 0 aromatic heterocycles. The molecule has 2 aromatic rings. The Kier molecular flexibility index (Phi) is 3.30. The van der Waals surface area contributed by atoms with Crippen molar-refractivity contribution in [3.8, 4) is 0 Å². The first-order valence-electron chi connectivity index (χ1n) is 5.73. The lowest BCUT2D eigenvalue weighted by molar-refractivity contribution is 0.0926. The van der Waals surface area contributed by atoms with Crippen molar-refractivity contribution < 1.29 is 18.4 Å². The number of amides is 2. The number of fused-ring (bicyclic) bond motifs is 1. The Morgan fingerprint density at radius 2 is 1.48 bits per heavy atom. The van der Waals surface area contributed by atoms with E-state index >= 15 is 0 Å². The number of rotatable bonds is 1. The lowest BCUT2D eigenvalue weighted by Gasteiger charge is -2.15.